The van der Waals surface area contributed by atoms with Gasteiger partial charge in [-0.15, -0.1) is 0 Å². The molecule has 0 radical (unpaired) electrons. The molecule has 0 fully saturated rings. The van der Waals surface area contributed by atoms with Crippen molar-refractivity contribution >= 4 is 23.0 Å². The van der Waals surface area contributed by atoms with Crippen LogP contribution in [0.1, 0.15) is 23.6 Å². The molecule has 0 aliphatic rings. The molecule has 0 N–H and O–H groups in total. The average molecular weight is 426 g/mol. The SMILES string of the molecule is CCc1ccccc1Oc1coc2cc(OC(=O)/C=C/c3ccc(C)cc3)ccc2c1=O. The summed E-state index contributed by atoms with van der Waals surface area (Å²) >= 11 is 0. The molecule has 4 rings (SSSR count). The molecule has 4 aromatic rings. The lowest BCUT2D eigenvalue weighted by Gasteiger charge is -2.09. The second kappa shape index (κ2) is 9.35. The lowest BCUT2D eigenvalue weighted by Crippen LogP contribution is -2.07. The van der Waals surface area contributed by atoms with Crippen molar-refractivity contribution in [2.45, 2.75) is 20.3 Å². The highest BCUT2D eigenvalue weighted by molar-refractivity contribution is 5.89. The number of para-hydroxylation sites is 1. The molecule has 5 nitrogen and oxygen atoms in total. The van der Waals surface area contributed by atoms with Gasteiger partial charge in [0.1, 0.15) is 23.3 Å². The largest absolute Gasteiger partial charge is 0.460 e. The summed E-state index contributed by atoms with van der Waals surface area (Å²) in [7, 11) is 0. The van der Waals surface area contributed by atoms with Crippen LogP contribution in [0.3, 0.4) is 0 Å². The summed E-state index contributed by atoms with van der Waals surface area (Å²) < 4.78 is 16.8. The van der Waals surface area contributed by atoms with E-state index in [4.69, 9.17) is 13.9 Å². The van der Waals surface area contributed by atoms with Crippen LogP contribution in [0.2, 0.25) is 0 Å². The number of hydrogen-bond donors (Lipinski definition) is 0. The third-order valence-corrected chi connectivity index (χ3v) is 5.00. The highest BCUT2D eigenvalue weighted by Crippen LogP contribution is 2.26. The Kier molecular flexibility index (Phi) is 6.17. The number of rotatable bonds is 6. The van der Waals surface area contributed by atoms with Gasteiger partial charge in [-0.2, -0.15) is 0 Å². The summed E-state index contributed by atoms with van der Waals surface area (Å²) in [6, 6.07) is 19.9. The van der Waals surface area contributed by atoms with Crippen LogP contribution in [0.25, 0.3) is 17.0 Å². The number of hydrogen-bond acceptors (Lipinski definition) is 5. The van der Waals surface area contributed by atoms with E-state index in [0.717, 1.165) is 23.1 Å². The van der Waals surface area contributed by atoms with Crippen molar-refractivity contribution in [1.29, 1.82) is 0 Å². The van der Waals surface area contributed by atoms with E-state index in [1.54, 1.807) is 18.2 Å². The molecule has 5 heteroatoms. The van der Waals surface area contributed by atoms with Gasteiger partial charge >= 0.3 is 5.97 Å². The first kappa shape index (κ1) is 21.1. The van der Waals surface area contributed by atoms with Gasteiger partial charge in [0.2, 0.25) is 11.2 Å². The van der Waals surface area contributed by atoms with Crippen molar-refractivity contribution < 1.29 is 18.7 Å². The predicted molar refractivity (Wildman–Crippen MR) is 124 cm³/mol. The second-order valence-corrected chi connectivity index (χ2v) is 7.32. The molecule has 1 aromatic heterocycles. The number of fused-ring (bicyclic) bond motifs is 1. The first-order valence-electron chi connectivity index (χ1n) is 10.3. The van der Waals surface area contributed by atoms with Crippen LogP contribution in [-0.2, 0) is 11.2 Å². The lowest BCUT2D eigenvalue weighted by molar-refractivity contribution is -0.128. The molecular weight excluding hydrogens is 404 g/mol. The summed E-state index contributed by atoms with van der Waals surface area (Å²) in [5.41, 5.74) is 3.04. The van der Waals surface area contributed by atoms with E-state index in [0.29, 0.717) is 16.7 Å². The molecule has 160 valence electrons. The standard InChI is InChI=1S/C27H22O5/c1-3-20-6-4-5-7-23(20)32-25-17-30-24-16-21(13-14-22(24)27(25)29)31-26(28)15-12-19-10-8-18(2)9-11-19/h4-17H,3H2,1-2H3/b15-12+. The quantitative estimate of drug-likeness (QED) is 0.213. The highest BCUT2D eigenvalue weighted by atomic mass is 16.5. The molecular formula is C27H22O5. The summed E-state index contributed by atoms with van der Waals surface area (Å²) in [5, 5.41) is 0.339. The lowest BCUT2D eigenvalue weighted by atomic mass is 10.1. The monoisotopic (exact) mass is 426 g/mol. The van der Waals surface area contributed by atoms with Crippen molar-refractivity contribution in [1.82, 2.24) is 0 Å². The Bertz CT molecular complexity index is 1350. The number of carbonyl (C=O) groups is 1. The van der Waals surface area contributed by atoms with E-state index < -0.39 is 5.97 Å². The Morgan fingerprint density at radius 2 is 1.78 bits per heavy atom. The average Bonchev–Trinajstić information content (AvgIpc) is 2.81. The van der Waals surface area contributed by atoms with Gasteiger partial charge in [0.15, 0.2) is 0 Å². The van der Waals surface area contributed by atoms with Crippen LogP contribution in [0.15, 0.2) is 88.3 Å². The predicted octanol–water partition coefficient (Wildman–Crippen LogP) is 6.07. The first-order valence-corrected chi connectivity index (χ1v) is 10.3. The fourth-order valence-electron chi connectivity index (χ4n) is 3.23. The van der Waals surface area contributed by atoms with Crippen LogP contribution in [0.5, 0.6) is 17.2 Å². The summed E-state index contributed by atoms with van der Waals surface area (Å²) in [6.45, 7) is 4.02. The van der Waals surface area contributed by atoms with Crippen molar-refractivity contribution in [3.05, 3.63) is 106 Å². The molecule has 0 aliphatic carbocycles. The van der Waals surface area contributed by atoms with Crippen molar-refractivity contribution in [3.63, 3.8) is 0 Å². The smallest absolute Gasteiger partial charge is 0.336 e. The van der Waals surface area contributed by atoms with E-state index in [9.17, 15) is 9.59 Å². The second-order valence-electron chi connectivity index (χ2n) is 7.32. The third-order valence-electron chi connectivity index (χ3n) is 5.00. The normalized spacial score (nSPS) is 11.1. The highest BCUT2D eigenvalue weighted by Gasteiger charge is 2.12. The minimum Gasteiger partial charge on any atom is -0.460 e. The number of aryl methyl sites for hydroxylation is 2. The maximum atomic E-state index is 12.8. The van der Waals surface area contributed by atoms with Crippen molar-refractivity contribution in [3.8, 4) is 17.2 Å². The van der Waals surface area contributed by atoms with Crippen molar-refractivity contribution in [2.75, 3.05) is 0 Å². The molecule has 1 heterocycles. The number of ether oxygens (including phenoxy) is 2. The molecule has 0 spiro atoms. The summed E-state index contributed by atoms with van der Waals surface area (Å²) in [6.07, 6.45) is 5.09. The molecule has 0 atom stereocenters. The van der Waals surface area contributed by atoms with E-state index in [2.05, 4.69) is 0 Å². The van der Waals surface area contributed by atoms with Crippen LogP contribution < -0.4 is 14.9 Å². The van der Waals surface area contributed by atoms with E-state index in [1.807, 2.05) is 62.4 Å². The topological polar surface area (TPSA) is 65.7 Å². The summed E-state index contributed by atoms with van der Waals surface area (Å²) in [5.74, 6) is 0.476. The molecule has 3 aromatic carbocycles. The Morgan fingerprint density at radius 3 is 2.56 bits per heavy atom. The molecule has 0 saturated heterocycles. The zero-order valence-corrected chi connectivity index (χ0v) is 17.8. The van der Waals surface area contributed by atoms with Crippen LogP contribution >= 0.6 is 0 Å². The van der Waals surface area contributed by atoms with Gasteiger partial charge in [0, 0.05) is 12.1 Å². The summed E-state index contributed by atoms with van der Waals surface area (Å²) in [4.78, 5) is 25.0. The van der Waals surface area contributed by atoms with Crippen molar-refractivity contribution in [2.24, 2.45) is 0 Å². The fraction of sp³-hybridized carbons (Fsp3) is 0.111. The zero-order valence-electron chi connectivity index (χ0n) is 17.8. The van der Waals surface area contributed by atoms with Gasteiger partial charge in [-0.05, 0) is 48.7 Å². The van der Waals surface area contributed by atoms with Crippen LogP contribution in [-0.4, -0.2) is 5.97 Å². The number of benzene rings is 3. The van der Waals surface area contributed by atoms with E-state index in [1.165, 1.54) is 18.4 Å². The minimum atomic E-state index is -0.525. The Balaban J connectivity index is 1.52. The Morgan fingerprint density at radius 1 is 1.00 bits per heavy atom. The van der Waals surface area contributed by atoms with Gasteiger partial charge < -0.3 is 13.9 Å². The third kappa shape index (κ3) is 4.78. The minimum absolute atomic E-state index is 0.101. The maximum Gasteiger partial charge on any atom is 0.336 e. The molecule has 0 amide bonds. The molecule has 0 unspecified atom stereocenters. The van der Waals surface area contributed by atoms with Gasteiger partial charge in [0.05, 0.1) is 5.39 Å². The maximum absolute atomic E-state index is 12.8. The van der Waals surface area contributed by atoms with Gasteiger partial charge in [-0.3, -0.25) is 4.79 Å². The molecule has 0 saturated carbocycles. The van der Waals surface area contributed by atoms with Crippen LogP contribution in [0, 0.1) is 6.92 Å². The van der Waals surface area contributed by atoms with Gasteiger partial charge in [-0.1, -0.05) is 55.0 Å². The Labute approximate surface area is 185 Å². The van der Waals surface area contributed by atoms with Gasteiger partial charge in [0.25, 0.3) is 0 Å². The zero-order chi connectivity index (χ0) is 22.5. The van der Waals surface area contributed by atoms with E-state index in [-0.39, 0.29) is 16.9 Å². The number of esters is 1. The fourth-order valence-corrected chi connectivity index (χ4v) is 3.23. The Hall–Kier alpha value is -4.12. The first-order chi connectivity index (χ1) is 15.5. The van der Waals surface area contributed by atoms with Gasteiger partial charge in [-0.25, -0.2) is 4.79 Å². The van der Waals surface area contributed by atoms with Crippen LogP contribution in [0.4, 0.5) is 0 Å². The number of carbonyl (C=O) groups excluding carboxylic acids is 1. The molecule has 0 bridgehead atoms. The molecule has 0 aliphatic heterocycles. The van der Waals surface area contributed by atoms with E-state index >= 15 is 0 Å². The molecule has 32 heavy (non-hydrogen) atoms.